The van der Waals surface area contributed by atoms with E-state index in [2.05, 4.69) is 25.2 Å². The van der Waals surface area contributed by atoms with Gasteiger partial charge in [-0.15, -0.1) is 24.8 Å². The number of halogens is 2. The van der Waals surface area contributed by atoms with Crippen molar-refractivity contribution in [2.75, 3.05) is 0 Å². The zero-order chi connectivity index (χ0) is 7.94. The van der Waals surface area contributed by atoms with Crippen LogP contribution in [0.5, 0.6) is 0 Å². The molecule has 0 spiro atoms. The van der Waals surface area contributed by atoms with Gasteiger partial charge in [-0.1, -0.05) is 0 Å². The van der Waals surface area contributed by atoms with Crippen molar-refractivity contribution >= 4 is 24.8 Å². The third-order valence-corrected chi connectivity index (χ3v) is 5.41. The maximum atomic E-state index is 2.35. The van der Waals surface area contributed by atoms with Crippen LogP contribution in [0, 0.1) is 0 Å². The van der Waals surface area contributed by atoms with Crippen LogP contribution in [0.2, 0.25) is 4.13 Å². The van der Waals surface area contributed by atoms with Gasteiger partial charge >= 0.3 is 81.5 Å². The molecule has 0 bridgehead atoms. The molecule has 0 aliphatic heterocycles. The molecule has 0 amide bonds. The molecular formula is C10H18Cl2Zr. The van der Waals surface area contributed by atoms with Crippen LogP contribution >= 0.6 is 24.8 Å². The Morgan fingerprint density at radius 1 is 1.31 bits per heavy atom. The molecule has 0 aromatic rings. The van der Waals surface area contributed by atoms with Gasteiger partial charge in [0.1, 0.15) is 0 Å². The van der Waals surface area contributed by atoms with Crippen molar-refractivity contribution in [2.45, 2.75) is 36.7 Å². The molecule has 0 unspecified atom stereocenters. The SMILES string of the molecule is CCCC[CH2][Zr][C]1=CC=CC1.Cl.Cl. The second-order valence-corrected chi connectivity index (χ2v) is 6.63. The average Bonchev–Trinajstić information content (AvgIpc) is 2.50. The number of unbranched alkanes of at least 4 members (excludes halogenated alkanes) is 2. The molecule has 76 valence electrons. The van der Waals surface area contributed by atoms with Crippen molar-refractivity contribution in [3.8, 4) is 0 Å². The summed E-state index contributed by atoms with van der Waals surface area (Å²) >= 11 is -0.0939. The van der Waals surface area contributed by atoms with Crippen molar-refractivity contribution in [3.63, 3.8) is 0 Å². The molecule has 0 heterocycles. The van der Waals surface area contributed by atoms with Gasteiger partial charge in [0.2, 0.25) is 0 Å². The minimum absolute atomic E-state index is 0. The Kier molecular flexibility index (Phi) is 13.9. The monoisotopic (exact) mass is 298 g/mol. The molecule has 0 nitrogen and oxygen atoms in total. The summed E-state index contributed by atoms with van der Waals surface area (Å²) in [5.74, 6) is 0. The number of hydrogen-bond acceptors (Lipinski definition) is 0. The standard InChI is InChI=1S/C5H5.C5H11.2ClH.Zr/c1-2-4-5-3-1;1-3-5-4-2;;;/h1-3H,4H2;1,3-5H2,2H3;2*1H;. The molecule has 3 heteroatoms. The van der Waals surface area contributed by atoms with Crippen molar-refractivity contribution < 1.29 is 23.2 Å². The Bertz CT molecular complexity index is 164. The summed E-state index contributed by atoms with van der Waals surface area (Å²) in [6.07, 6.45) is 12.4. The Morgan fingerprint density at radius 3 is 2.62 bits per heavy atom. The van der Waals surface area contributed by atoms with Crippen LogP contribution in [-0.2, 0) is 23.2 Å². The largest absolute Gasteiger partial charge is 0.147 e. The van der Waals surface area contributed by atoms with E-state index < -0.39 is 0 Å². The molecular weight excluding hydrogens is 282 g/mol. The van der Waals surface area contributed by atoms with Gasteiger partial charge in [-0.25, -0.2) is 0 Å². The summed E-state index contributed by atoms with van der Waals surface area (Å²) < 4.78 is 3.36. The van der Waals surface area contributed by atoms with Crippen LogP contribution in [0.1, 0.15) is 32.6 Å². The Morgan fingerprint density at radius 2 is 2.08 bits per heavy atom. The molecule has 13 heavy (non-hydrogen) atoms. The Hall–Kier alpha value is 0.943. The molecule has 0 saturated heterocycles. The molecule has 0 radical (unpaired) electrons. The second kappa shape index (κ2) is 11.0. The van der Waals surface area contributed by atoms with Gasteiger partial charge in [-0.3, -0.25) is 0 Å². The topological polar surface area (TPSA) is 0 Å². The van der Waals surface area contributed by atoms with Crippen LogP contribution < -0.4 is 0 Å². The minimum Gasteiger partial charge on any atom is -0.147 e. The summed E-state index contributed by atoms with van der Waals surface area (Å²) in [6, 6.07) is 0. The van der Waals surface area contributed by atoms with E-state index in [-0.39, 0.29) is 48.0 Å². The summed E-state index contributed by atoms with van der Waals surface area (Å²) in [6.45, 7) is 2.28. The first-order valence-electron chi connectivity index (χ1n) is 4.53. The summed E-state index contributed by atoms with van der Waals surface area (Å²) in [7, 11) is 0. The first-order valence-corrected chi connectivity index (χ1v) is 7.49. The normalized spacial score (nSPS) is 12.8. The quantitative estimate of drug-likeness (QED) is 0.662. The maximum absolute atomic E-state index is 2.35. The molecule has 0 N–H and O–H groups in total. The van der Waals surface area contributed by atoms with Gasteiger partial charge < -0.3 is 0 Å². The molecule has 0 fully saturated rings. The minimum atomic E-state index is -0.0939. The Balaban J connectivity index is 0. The Labute approximate surface area is 106 Å². The van der Waals surface area contributed by atoms with Gasteiger partial charge in [0.15, 0.2) is 0 Å². The number of allylic oxidation sites excluding steroid dienone is 4. The van der Waals surface area contributed by atoms with E-state index in [1.54, 1.807) is 7.41 Å². The third-order valence-electron chi connectivity index (χ3n) is 1.90. The van der Waals surface area contributed by atoms with Crippen molar-refractivity contribution in [1.82, 2.24) is 0 Å². The third kappa shape index (κ3) is 7.97. The van der Waals surface area contributed by atoms with E-state index in [4.69, 9.17) is 0 Å². The number of rotatable bonds is 5. The van der Waals surface area contributed by atoms with Crippen molar-refractivity contribution in [2.24, 2.45) is 0 Å². The smallest absolute Gasteiger partial charge is 0.147 e. The summed E-state index contributed by atoms with van der Waals surface area (Å²) in [5.41, 5.74) is 0. The van der Waals surface area contributed by atoms with E-state index in [0.717, 1.165) is 0 Å². The van der Waals surface area contributed by atoms with Crippen molar-refractivity contribution in [1.29, 1.82) is 0 Å². The zero-order valence-corrected chi connectivity index (χ0v) is 12.2. The van der Waals surface area contributed by atoms with Gasteiger partial charge in [0, 0.05) is 0 Å². The molecule has 1 rings (SSSR count). The van der Waals surface area contributed by atoms with Crippen molar-refractivity contribution in [3.05, 3.63) is 21.5 Å². The zero-order valence-electron chi connectivity index (χ0n) is 8.08. The average molecular weight is 300 g/mol. The predicted octanol–water partition coefficient (Wildman–Crippen LogP) is 4.36. The first kappa shape index (κ1) is 16.4. The van der Waals surface area contributed by atoms with E-state index in [1.165, 1.54) is 25.7 Å². The van der Waals surface area contributed by atoms with Gasteiger partial charge in [0.25, 0.3) is 0 Å². The van der Waals surface area contributed by atoms with Crippen LogP contribution in [0.3, 0.4) is 0 Å². The molecule has 1 aliphatic rings. The van der Waals surface area contributed by atoms with Gasteiger partial charge in [-0.2, -0.15) is 0 Å². The van der Waals surface area contributed by atoms with E-state index in [9.17, 15) is 0 Å². The maximum Gasteiger partial charge on any atom is -0.147 e. The van der Waals surface area contributed by atoms with Crippen LogP contribution in [-0.4, -0.2) is 0 Å². The molecule has 0 aromatic heterocycles. The van der Waals surface area contributed by atoms with E-state index >= 15 is 0 Å². The summed E-state index contributed by atoms with van der Waals surface area (Å²) in [4.78, 5) is 0. The van der Waals surface area contributed by atoms with Gasteiger partial charge in [0.05, 0.1) is 0 Å². The van der Waals surface area contributed by atoms with Crippen LogP contribution in [0.25, 0.3) is 0 Å². The van der Waals surface area contributed by atoms with E-state index in [0.29, 0.717) is 0 Å². The molecule has 0 atom stereocenters. The van der Waals surface area contributed by atoms with Gasteiger partial charge in [-0.05, 0) is 0 Å². The molecule has 0 aromatic carbocycles. The first-order chi connectivity index (χ1) is 5.43. The van der Waals surface area contributed by atoms with Crippen LogP contribution in [0.15, 0.2) is 21.5 Å². The predicted molar refractivity (Wildman–Crippen MR) is 60.7 cm³/mol. The van der Waals surface area contributed by atoms with E-state index in [1.807, 2.05) is 0 Å². The molecule has 0 saturated carbocycles. The van der Waals surface area contributed by atoms with Crippen LogP contribution in [0.4, 0.5) is 0 Å². The number of hydrogen-bond donors (Lipinski definition) is 0. The fourth-order valence-corrected chi connectivity index (χ4v) is 4.21. The molecule has 1 aliphatic carbocycles. The fourth-order valence-electron chi connectivity index (χ4n) is 1.20. The summed E-state index contributed by atoms with van der Waals surface area (Å²) in [5, 5.41) is 0. The second-order valence-electron chi connectivity index (χ2n) is 2.96. The fraction of sp³-hybridized carbons (Fsp3) is 0.600.